The standard InChI is InChI=1S/C9H8F3N3O2/c10-4-1-6(12)7(2-5(4)11)14-9(16)3-8(13)15-17/h1-2,17H,3H2,(H2,13,15)(H,14,16). The number of nitrogens with two attached hydrogens (primary N) is 1. The monoisotopic (exact) mass is 247 g/mol. The first-order valence-corrected chi connectivity index (χ1v) is 4.35. The van der Waals surface area contributed by atoms with Crippen molar-refractivity contribution < 1.29 is 23.2 Å². The Morgan fingerprint density at radius 3 is 2.47 bits per heavy atom. The average Bonchev–Trinajstić information content (AvgIpc) is 2.25. The van der Waals surface area contributed by atoms with Crippen LogP contribution in [-0.4, -0.2) is 17.0 Å². The second-order valence-electron chi connectivity index (χ2n) is 3.06. The highest BCUT2D eigenvalue weighted by molar-refractivity contribution is 6.04. The molecule has 8 heteroatoms. The van der Waals surface area contributed by atoms with Gasteiger partial charge in [-0.15, -0.1) is 0 Å². The zero-order chi connectivity index (χ0) is 13.0. The number of nitrogens with one attached hydrogen (secondary N) is 1. The number of carbonyl (C=O) groups excluding carboxylic acids is 1. The van der Waals surface area contributed by atoms with E-state index in [9.17, 15) is 18.0 Å². The van der Waals surface area contributed by atoms with Crippen molar-refractivity contribution in [1.29, 1.82) is 0 Å². The van der Waals surface area contributed by atoms with E-state index in [1.165, 1.54) is 0 Å². The number of halogens is 3. The van der Waals surface area contributed by atoms with Crippen LogP contribution in [0.5, 0.6) is 0 Å². The average molecular weight is 247 g/mol. The maximum atomic E-state index is 13.1. The molecule has 0 saturated heterocycles. The molecule has 92 valence electrons. The summed E-state index contributed by atoms with van der Waals surface area (Å²) < 4.78 is 38.4. The van der Waals surface area contributed by atoms with Crippen LogP contribution in [0.3, 0.4) is 0 Å². The SMILES string of the molecule is NC(CC(=O)Nc1cc(F)c(F)cc1F)=NO. The molecular weight excluding hydrogens is 239 g/mol. The Bertz CT molecular complexity index is 477. The molecule has 0 aliphatic heterocycles. The third-order valence-corrected chi connectivity index (χ3v) is 1.75. The molecule has 0 heterocycles. The van der Waals surface area contributed by atoms with Gasteiger partial charge in [0, 0.05) is 12.1 Å². The Hall–Kier alpha value is -2.25. The molecule has 1 aromatic rings. The molecule has 1 aromatic carbocycles. The van der Waals surface area contributed by atoms with Crippen molar-refractivity contribution in [2.45, 2.75) is 6.42 Å². The van der Waals surface area contributed by atoms with Crippen molar-refractivity contribution in [2.24, 2.45) is 10.9 Å². The molecule has 0 radical (unpaired) electrons. The summed E-state index contributed by atoms with van der Waals surface area (Å²) in [6.07, 6.45) is -0.505. The number of oxime groups is 1. The molecule has 0 aromatic heterocycles. The Morgan fingerprint density at radius 2 is 1.88 bits per heavy atom. The summed E-state index contributed by atoms with van der Waals surface area (Å²) in [4.78, 5) is 11.2. The fourth-order valence-corrected chi connectivity index (χ4v) is 1.01. The van der Waals surface area contributed by atoms with Crippen LogP contribution >= 0.6 is 0 Å². The van der Waals surface area contributed by atoms with E-state index in [1.807, 2.05) is 5.32 Å². The highest BCUT2D eigenvalue weighted by Gasteiger charge is 2.13. The fourth-order valence-electron chi connectivity index (χ4n) is 1.01. The van der Waals surface area contributed by atoms with Crippen LogP contribution in [0.1, 0.15) is 6.42 Å². The summed E-state index contributed by atoms with van der Waals surface area (Å²) >= 11 is 0. The van der Waals surface area contributed by atoms with Gasteiger partial charge < -0.3 is 16.3 Å². The van der Waals surface area contributed by atoms with Gasteiger partial charge in [0.25, 0.3) is 0 Å². The van der Waals surface area contributed by atoms with Gasteiger partial charge in [0.1, 0.15) is 11.7 Å². The lowest BCUT2D eigenvalue weighted by Crippen LogP contribution is -2.22. The smallest absolute Gasteiger partial charge is 0.232 e. The molecule has 0 fully saturated rings. The van der Waals surface area contributed by atoms with E-state index in [0.717, 1.165) is 0 Å². The van der Waals surface area contributed by atoms with Crippen molar-refractivity contribution in [3.63, 3.8) is 0 Å². The minimum Gasteiger partial charge on any atom is -0.409 e. The first kappa shape index (κ1) is 12.8. The van der Waals surface area contributed by atoms with E-state index in [0.29, 0.717) is 12.1 Å². The van der Waals surface area contributed by atoms with Crippen LogP contribution in [0, 0.1) is 17.5 Å². The van der Waals surface area contributed by atoms with E-state index >= 15 is 0 Å². The Balaban J connectivity index is 2.82. The normalized spacial score (nSPS) is 11.4. The van der Waals surface area contributed by atoms with Gasteiger partial charge in [0.2, 0.25) is 5.91 Å². The maximum Gasteiger partial charge on any atom is 0.232 e. The molecule has 0 aliphatic rings. The van der Waals surface area contributed by atoms with Crippen LogP contribution < -0.4 is 11.1 Å². The second kappa shape index (κ2) is 5.19. The number of amides is 1. The molecule has 1 amide bonds. The topological polar surface area (TPSA) is 87.7 Å². The summed E-state index contributed by atoms with van der Waals surface area (Å²) in [5.74, 6) is -5.02. The van der Waals surface area contributed by atoms with Crippen molar-refractivity contribution in [2.75, 3.05) is 5.32 Å². The van der Waals surface area contributed by atoms with Gasteiger partial charge >= 0.3 is 0 Å². The Morgan fingerprint density at radius 1 is 1.29 bits per heavy atom. The first-order chi connectivity index (χ1) is 7.93. The van der Waals surface area contributed by atoms with Gasteiger partial charge in [-0.3, -0.25) is 4.79 Å². The molecule has 0 saturated carbocycles. The molecule has 17 heavy (non-hydrogen) atoms. The van der Waals surface area contributed by atoms with Crippen LogP contribution in [0.2, 0.25) is 0 Å². The van der Waals surface area contributed by atoms with E-state index < -0.39 is 41.3 Å². The fraction of sp³-hybridized carbons (Fsp3) is 0.111. The Labute approximate surface area is 93.7 Å². The molecule has 1 rings (SSSR count). The van der Waals surface area contributed by atoms with E-state index in [4.69, 9.17) is 10.9 Å². The quantitative estimate of drug-likeness (QED) is 0.246. The molecule has 0 bridgehead atoms. The van der Waals surface area contributed by atoms with Gasteiger partial charge in [-0.2, -0.15) is 0 Å². The van der Waals surface area contributed by atoms with Crippen molar-refractivity contribution >= 4 is 17.4 Å². The number of anilines is 1. The van der Waals surface area contributed by atoms with E-state index in [-0.39, 0.29) is 0 Å². The van der Waals surface area contributed by atoms with Gasteiger partial charge in [0.05, 0.1) is 12.1 Å². The highest BCUT2D eigenvalue weighted by Crippen LogP contribution is 2.18. The van der Waals surface area contributed by atoms with Crippen molar-refractivity contribution in [3.05, 3.63) is 29.6 Å². The predicted octanol–water partition coefficient (Wildman–Crippen LogP) is 1.18. The summed E-state index contributed by atoms with van der Waals surface area (Å²) in [6, 6.07) is 0.795. The molecule has 0 spiro atoms. The number of nitrogens with zero attached hydrogens (tertiary/aromatic N) is 1. The zero-order valence-corrected chi connectivity index (χ0v) is 8.38. The molecule has 4 N–H and O–H groups in total. The van der Waals surface area contributed by atoms with Gasteiger partial charge in [0.15, 0.2) is 11.6 Å². The molecule has 5 nitrogen and oxygen atoms in total. The third-order valence-electron chi connectivity index (χ3n) is 1.75. The molecule has 0 atom stereocenters. The molecule has 0 aliphatic carbocycles. The second-order valence-corrected chi connectivity index (χ2v) is 3.06. The number of amidine groups is 1. The minimum atomic E-state index is -1.36. The lowest BCUT2D eigenvalue weighted by molar-refractivity contribution is -0.115. The van der Waals surface area contributed by atoms with Gasteiger partial charge in [-0.25, -0.2) is 13.2 Å². The van der Waals surface area contributed by atoms with Crippen LogP contribution in [-0.2, 0) is 4.79 Å². The molecular formula is C9H8F3N3O2. The van der Waals surface area contributed by atoms with E-state index in [1.54, 1.807) is 0 Å². The van der Waals surface area contributed by atoms with Gasteiger partial charge in [-0.05, 0) is 0 Å². The number of hydrogen-bond donors (Lipinski definition) is 3. The summed E-state index contributed by atoms with van der Waals surface area (Å²) in [5.41, 5.74) is 4.50. The lowest BCUT2D eigenvalue weighted by Gasteiger charge is -2.06. The summed E-state index contributed by atoms with van der Waals surface area (Å²) in [6.45, 7) is 0. The van der Waals surface area contributed by atoms with Crippen molar-refractivity contribution in [3.8, 4) is 0 Å². The number of benzene rings is 1. The predicted molar refractivity (Wildman–Crippen MR) is 53.0 cm³/mol. The number of hydrogen-bond acceptors (Lipinski definition) is 3. The summed E-state index contributed by atoms with van der Waals surface area (Å²) in [5, 5.41) is 12.7. The van der Waals surface area contributed by atoms with Crippen molar-refractivity contribution in [1.82, 2.24) is 0 Å². The minimum absolute atomic E-state index is 0.300. The first-order valence-electron chi connectivity index (χ1n) is 4.35. The largest absolute Gasteiger partial charge is 0.409 e. The summed E-state index contributed by atoms with van der Waals surface area (Å²) in [7, 11) is 0. The third kappa shape index (κ3) is 3.37. The lowest BCUT2D eigenvalue weighted by atomic mass is 10.2. The Kier molecular flexibility index (Phi) is 3.91. The van der Waals surface area contributed by atoms with Crippen LogP contribution in [0.15, 0.2) is 17.3 Å². The maximum absolute atomic E-state index is 13.1. The molecule has 0 unspecified atom stereocenters. The van der Waals surface area contributed by atoms with Gasteiger partial charge in [-0.1, -0.05) is 5.16 Å². The van der Waals surface area contributed by atoms with Crippen LogP contribution in [0.25, 0.3) is 0 Å². The number of carbonyl (C=O) groups is 1. The van der Waals surface area contributed by atoms with E-state index in [2.05, 4.69) is 5.16 Å². The highest BCUT2D eigenvalue weighted by atomic mass is 19.2. The van der Waals surface area contributed by atoms with Crippen LogP contribution in [0.4, 0.5) is 18.9 Å². The zero-order valence-electron chi connectivity index (χ0n) is 8.38. The number of rotatable bonds is 3.